The lowest BCUT2D eigenvalue weighted by atomic mass is 10.4. The zero-order valence-corrected chi connectivity index (χ0v) is 7.12. The first-order valence-corrected chi connectivity index (χ1v) is 4.54. The highest BCUT2D eigenvalue weighted by Gasteiger charge is 2.11. The van der Waals surface area contributed by atoms with Crippen LogP contribution in [0.1, 0.15) is 13.3 Å². The van der Waals surface area contributed by atoms with Gasteiger partial charge in [-0.05, 0) is 4.57 Å². The van der Waals surface area contributed by atoms with Gasteiger partial charge in [0, 0.05) is 13.3 Å². The summed E-state index contributed by atoms with van der Waals surface area (Å²) in [6.07, 6.45) is 0.446. The van der Waals surface area contributed by atoms with Gasteiger partial charge < -0.3 is 0 Å². The van der Waals surface area contributed by atoms with Gasteiger partial charge in [0.05, 0.1) is 6.54 Å². The van der Waals surface area contributed by atoms with E-state index in [1.165, 1.54) is 6.92 Å². The van der Waals surface area contributed by atoms with E-state index >= 15 is 0 Å². The fourth-order valence-electron chi connectivity index (χ4n) is 0.513. The van der Waals surface area contributed by atoms with E-state index in [0.29, 0.717) is 11.5 Å². The van der Waals surface area contributed by atoms with Crippen LogP contribution in [0.2, 0.25) is 0 Å². The summed E-state index contributed by atoms with van der Waals surface area (Å²) in [5.41, 5.74) is 0. The largest absolute Gasteiger partial charge is 0.505 e. The van der Waals surface area contributed by atoms with E-state index in [2.05, 4.69) is 0 Å². The molecule has 0 aliphatic carbocycles. The molecule has 0 aliphatic rings. The number of hydroxylamine groups is 2. The highest BCUT2D eigenvalue weighted by atomic mass is 31.1. The summed E-state index contributed by atoms with van der Waals surface area (Å²) in [5.74, 6) is -0.460. The van der Waals surface area contributed by atoms with Crippen LogP contribution in [0, 0.1) is 0 Å². The first kappa shape index (κ1) is 10.5. The second-order valence-corrected chi connectivity index (χ2v) is 3.22. The van der Waals surface area contributed by atoms with Gasteiger partial charge in [-0.25, -0.2) is 5.06 Å². The quantitative estimate of drug-likeness (QED) is 0.371. The Kier molecular flexibility index (Phi) is 4.94. The van der Waals surface area contributed by atoms with Crippen molar-refractivity contribution < 1.29 is 19.5 Å². The average molecular weight is 180 g/mol. The minimum atomic E-state index is -2.15. The topological polar surface area (TPSA) is 77.8 Å². The molecule has 2 N–H and O–H groups in total. The molecule has 5 nitrogen and oxygen atoms in total. The molecule has 0 aromatic rings. The molecule has 0 aromatic heterocycles. The third-order valence-corrected chi connectivity index (χ3v) is 1.78. The Hall–Kier alpha value is -0.510. The number of carbonyl (C=O) groups is 1. The van der Waals surface area contributed by atoms with Crippen LogP contribution in [0.4, 0.5) is 0 Å². The van der Waals surface area contributed by atoms with Crippen LogP contribution in [0.25, 0.3) is 0 Å². The highest BCUT2D eigenvalue weighted by Crippen LogP contribution is 2.13. The molecule has 1 unspecified atom stereocenters. The molecule has 0 spiro atoms. The van der Waals surface area contributed by atoms with Gasteiger partial charge in [0.2, 0.25) is 5.91 Å². The van der Waals surface area contributed by atoms with E-state index in [1.54, 1.807) is 0 Å². The number of nitrogens with zero attached hydrogens (tertiary/aromatic N) is 1. The van der Waals surface area contributed by atoms with E-state index in [4.69, 9.17) is 10.1 Å². The maximum absolute atomic E-state index is 10.4. The zero-order valence-electron chi connectivity index (χ0n) is 6.23. The fourth-order valence-corrected chi connectivity index (χ4v) is 0.925. The maximum Gasteiger partial charge on any atom is 0.505 e. The molecule has 64 valence electrons. The third-order valence-electron chi connectivity index (χ3n) is 1.08. The predicted molar refractivity (Wildman–Crippen MR) is 38.5 cm³/mol. The molecule has 11 heavy (non-hydrogen) atoms. The highest BCUT2D eigenvalue weighted by molar-refractivity contribution is 7.37. The Balaban J connectivity index is 3.39. The lowest BCUT2D eigenvalue weighted by molar-refractivity contribution is -0.162. The van der Waals surface area contributed by atoms with Crippen molar-refractivity contribution in [1.29, 1.82) is 0 Å². The van der Waals surface area contributed by atoms with Gasteiger partial charge in [-0.2, -0.15) is 4.89 Å². The van der Waals surface area contributed by atoms with Crippen LogP contribution in [0.15, 0.2) is 0 Å². The van der Waals surface area contributed by atoms with E-state index in [1.807, 2.05) is 0 Å². The second-order valence-electron chi connectivity index (χ2n) is 2.07. The van der Waals surface area contributed by atoms with Crippen molar-refractivity contribution >= 4 is 13.9 Å². The van der Waals surface area contributed by atoms with Crippen molar-refractivity contribution in [1.82, 2.24) is 5.06 Å². The monoisotopic (exact) mass is 180 g/mol. The smallest absolute Gasteiger partial charge is 0.286 e. The van der Waals surface area contributed by atoms with Crippen molar-refractivity contribution in [2.45, 2.75) is 13.3 Å². The number of amides is 1. The van der Waals surface area contributed by atoms with Crippen LogP contribution < -0.4 is 0 Å². The van der Waals surface area contributed by atoms with E-state index in [-0.39, 0.29) is 12.7 Å². The SMILES string of the molecule is CC(=O)N(O)CCC[P+](=O)O. The van der Waals surface area contributed by atoms with Gasteiger partial charge in [-0.15, -0.1) is 0 Å². The number of hydrogen-bond donors (Lipinski definition) is 2. The minimum absolute atomic E-state index is 0.108. The first-order chi connectivity index (χ1) is 5.04. The Labute approximate surface area is 65.5 Å². The third kappa shape index (κ3) is 5.91. The molecule has 0 saturated carbocycles. The lowest BCUT2D eigenvalue weighted by Crippen LogP contribution is -2.25. The summed E-state index contributed by atoms with van der Waals surface area (Å²) < 4.78 is 10.1. The Bertz CT molecular complexity index is 161. The van der Waals surface area contributed by atoms with Crippen LogP contribution in [-0.2, 0) is 9.36 Å². The summed E-state index contributed by atoms with van der Waals surface area (Å²) in [6, 6.07) is 0. The molecular weight excluding hydrogens is 169 g/mol. The zero-order chi connectivity index (χ0) is 8.85. The first-order valence-electron chi connectivity index (χ1n) is 3.14. The summed E-state index contributed by atoms with van der Waals surface area (Å²) in [4.78, 5) is 18.7. The Morgan fingerprint density at radius 2 is 2.18 bits per heavy atom. The van der Waals surface area contributed by atoms with Gasteiger partial charge in [0.25, 0.3) is 0 Å². The van der Waals surface area contributed by atoms with Gasteiger partial charge >= 0.3 is 8.03 Å². The second kappa shape index (κ2) is 5.18. The van der Waals surface area contributed by atoms with E-state index in [0.717, 1.165) is 0 Å². The molecule has 6 heteroatoms. The fraction of sp³-hybridized carbons (Fsp3) is 0.800. The molecule has 0 saturated heterocycles. The van der Waals surface area contributed by atoms with Crippen molar-refractivity contribution in [3.05, 3.63) is 0 Å². The van der Waals surface area contributed by atoms with Crippen molar-refractivity contribution in [3.8, 4) is 0 Å². The summed E-state index contributed by atoms with van der Waals surface area (Å²) in [6.45, 7) is 1.33. The standard InChI is InChI=1S/C5H10NO4P/c1-5(7)6(8)3-2-4-11(9)10/h8H,2-4H2,1H3/p+1. The van der Waals surface area contributed by atoms with Gasteiger partial charge in [-0.1, -0.05) is 0 Å². The molecule has 0 rings (SSSR count). The minimum Gasteiger partial charge on any atom is -0.286 e. The summed E-state index contributed by atoms with van der Waals surface area (Å²) >= 11 is 0. The van der Waals surface area contributed by atoms with Gasteiger partial charge in [0.15, 0.2) is 6.16 Å². The molecule has 0 fully saturated rings. The molecule has 1 atom stereocenters. The molecular formula is C5H11NO4P+. The molecule has 0 aromatic carbocycles. The molecule has 0 heterocycles. The normalized spacial score (nSPS) is 11.0. The number of hydrogen-bond acceptors (Lipinski definition) is 3. The van der Waals surface area contributed by atoms with Crippen LogP contribution in [-0.4, -0.2) is 33.8 Å². The molecule has 0 bridgehead atoms. The number of carbonyl (C=O) groups excluding carboxylic acids is 1. The summed E-state index contributed by atoms with van der Waals surface area (Å²) in [5, 5.41) is 9.27. The molecule has 0 aliphatic heterocycles. The van der Waals surface area contributed by atoms with Crippen LogP contribution in [0.3, 0.4) is 0 Å². The molecule has 0 radical (unpaired) electrons. The van der Waals surface area contributed by atoms with Crippen molar-refractivity contribution in [2.75, 3.05) is 12.7 Å². The summed E-state index contributed by atoms with van der Waals surface area (Å²) in [7, 11) is -2.15. The van der Waals surface area contributed by atoms with Gasteiger partial charge in [0.1, 0.15) is 0 Å². The van der Waals surface area contributed by atoms with Crippen molar-refractivity contribution in [2.24, 2.45) is 0 Å². The van der Waals surface area contributed by atoms with Crippen LogP contribution in [0.5, 0.6) is 0 Å². The van der Waals surface area contributed by atoms with E-state index in [9.17, 15) is 9.36 Å². The molecule has 1 amide bonds. The number of rotatable bonds is 4. The Morgan fingerprint density at radius 1 is 1.64 bits per heavy atom. The maximum atomic E-state index is 10.4. The van der Waals surface area contributed by atoms with E-state index < -0.39 is 13.9 Å². The lowest BCUT2D eigenvalue weighted by Gasteiger charge is -2.09. The average Bonchev–Trinajstić information content (AvgIpc) is 1.86. The Morgan fingerprint density at radius 3 is 2.55 bits per heavy atom. The predicted octanol–water partition coefficient (Wildman–Crippen LogP) is 0.349. The van der Waals surface area contributed by atoms with Gasteiger partial charge in [-0.3, -0.25) is 10.0 Å². The van der Waals surface area contributed by atoms with Crippen LogP contribution >= 0.6 is 8.03 Å². The van der Waals surface area contributed by atoms with Crippen molar-refractivity contribution in [3.63, 3.8) is 0 Å².